The third-order valence-electron chi connectivity index (χ3n) is 1.38. The zero-order valence-corrected chi connectivity index (χ0v) is 12.4. The van der Waals surface area contributed by atoms with Crippen LogP contribution in [0.5, 0.6) is 0 Å². The second kappa shape index (κ2) is 8.37. The predicted molar refractivity (Wildman–Crippen MR) is 70.2 cm³/mol. The fourth-order valence-corrected chi connectivity index (χ4v) is 1.07. The highest BCUT2D eigenvalue weighted by molar-refractivity contribution is 14.1. The molecule has 0 aromatic carbocycles. The van der Waals surface area contributed by atoms with Crippen LogP contribution in [-0.2, 0) is 14.2 Å². The van der Waals surface area contributed by atoms with Crippen LogP contribution in [0.4, 0.5) is 9.59 Å². The lowest BCUT2D eigenvalue weighted by Crippen LogP contribution is -2.33. The Balaban J connectivity index is 3.46. The maximum absolute atomic E-state index is 11.2. The van der Waals surface area contributed by atoms with E-state index in [0.717, 1.165) is 0 Å². The first-order chi connectivity index (χ1) is 7.85. The molecule has 0 aliphatic heterocycles. The summed E-state index contributed by atoms with van der Waals surface area (Å²) in [5, 5.41) is 2.55. The fraction of sp³-hybridized carbons (Fsp3) is 0.800. The number of hydrogen-bond acceptors (Lipinski definition) is 5. The Kier molecular flexibility index (Phi) is 8.01. The molecule has 0 radical (unpaired) electrons. The van der Waals surface area contributed by atoms with Gasteiger partial charge < -0.3 is 19.5 Å². The second-order valence-corrected chi connectivity index (χ2v) is 4.76. The van der Waals surface area contributed by atoms with Gasteiger partial charge in [0.1, 0.15) is 10.2 Å². The molecule has 0 aromatic rings. The lowest BCUT2D eigenvalue weighted by Gasteiger charge is -2.19. The van der Waals surface area contributed by atoms with Crippen molar-refractivity contribution in [3.8, 4) is 0 Å². The predicted octanol–water partition coefficient (Wildman–Crippen LogP) is 2.45. The molecular formula is C10H18INO5. The van der Waals surface area contributed by atoms with E-state index >= 15 is 0 Å². The highest BCUT2D eigenvalue weighted by Crippen LogP contribution is 2.06. The number of ether oxygens (including phenoxy) is 3. The Labute approximate surface area is 114 Å². The number of amides is 1. The molecule has 7 heteroatoms. The summed E-state index contributed by atoms with van der Waals surface area (Å²) in [6.45, 7) is 5.94. The maximum atomic E-state index is 11.2. The van der Waals surface area contributed by atoms with Crippen molar-refractivity contribution in [3.63, 3.8) is 0 Å². The van der Waals surface area contributed by atoms with Gasteiger partial charge in [0.2, 0.25) is 0 Å². The number of alkyl halides is 1. The van der Waals surface area contributed by atoms with Gasteiger partial charge >= 0.3 is 12.2 Å². The van der Waals surface area contributed by atoms with E-state index in [1.54, 1.807) is 20.8 Å². The molecule has 0 aromatic heterocycles. The number of alkyl carbamates (subject to hydrolysis) is 1. The molecule has 6 nitrogen and oxygen atoms in total. The standard InChI is InChI=1S/C10H18INO5/c1-10(2,3)17-8(13)12-5-4-6-15-9(14)16-7-11/h4-7H2,1-3H3,(H,12,13). The van der Waals surface area contributed by atoms with Crippen molar-refractivity contribution in [1.29, 1.82) is 0 Å². The van der Waals surface area contributed by atoms with Gasteiger partial charge in [0, 0.05) is 6.54 Å². The highest BCUT2D eigenvalue weighted by atomic mass is 127. The van der Waals surface area contributed by atoms with Gasteiger partial charge in [0.25, 0.3) is 0 Å². The Hall–Kier alpha value is -0.730. The van der Waals surface area contributed by atoms with Crippen LogP contribution in [-0.4, -0.2) is 35.6 Å². The van der Waals surface area contributed by atoms with Crippen LogP contribution < -0.4 is 5.32 Å². The van der Waals surface area contributed by atoms with E-state index in [4.69, 9.17) is 9.47 Å². The van der Waals surface area contributed by atoms with Gasteiger partial charge in [-0.3, -0.25) is 0 Å². The summed E-state index contributed by atoms with van der Waals surface area (Å²) in [6, 6.07) is 0. The molecule has 0 saturated heterocycles. The number of rotatable bonds is 5. The molecule has 0 unspecified atom stereocenters. The van der Waals surface area contributed by atoms with Crippen LogP contribution >= 0.6 is 22.6 Å². The summed E-state index contributed by atoms with van der Waals surface area (Å²) >= 11 is 1.90. The molecule has 0 rings (SSSR count). The molecule has 0 aliphatic rings. The van der Waals surface area contributed by atoms with E-state index in [-0.39, 0.29) is 11.2 Å². The third-order valence-corrected chi connectivity index (χ3v) is 1.69. The maximum Gasteiger partial charge on any atom is 0.509 e. The Bertz CT molecular complexity index is 252. The summed E-state index contributed by atoms with van der Waals surface area (Å²) in [6.07, 6.45) is -0.667. The van der Waals surface area contributed by atoms with Crippen LogP contribution in [0.1, 0.15) is 27.2 Å². The first kappa shape index (κ1) is 16.3. The molecule has 0 saturated carbocycles. The van der Waals surface area contributed by atoms with Crippen LogP contribution in [0.15, 0.2) is 0 Å². The van der Waals surface area contributed by atoms with Crippen molar-refractivity contribution in [2.75, 3.05) is 17.8 Å². The first-order valence-electron chi connectivity index (χ1n) is 5.17. The van der Waals surface area contributed by atoms with Crippen molar-refractivity contribution in [2.45, 2.75) is 32.8 Å². The van der Waals surface area contributed by atoms with Gasteiger partial charge in [0.05, 0.1) is 6.61 Å². The van der Waals surface area contributed by atoms with Crippen LogP contribution in [0, 0.1) is 0 Å². The minimum absolute atomic E-state index is 0.200. The van der Waals surface area contributed by atoms with Crippen molar-refractivity contribution in [2.24, 2.45) is 0 Å². The van der Waals surface area contributed by atoms with Crippen LogP contribution in [0.25, 0.3) is 0 Å². The Morgan fingerprint density at radius 1 is 1.24 bits per heavy atom. The molecule has 100 valence electrons. The summed E-state index contributed by atoms with van der Waals surface area (Å²) < 4.78 is 14.5. The molecule has 0 spiro atoms. The van der Waals surface area contributed by atoms with Gasteiger partial charge in [-0.25, -0.2) is 9.59 Å². The summed E-state index contributed by atoms with van der Waals surface area (Å²) in [7, 11) is 0. The zero-order chi connectivity index (χ0) is 13.3. The van der Waals surface area contributed by atoms with E-state index in [0.29, 0.717) is 13.0 Å². The van der Waals surface area contributed by atoms with E-state index in [9.17, 15) is 9.59 Å². The summed E-state index contributed by atoms with van der Waals surface area (Å²) in [4.78, 5) is 22.0. The van der Waals surface area contributed by atoms with Gasteiger partial charge in [-0.05, 0) is 49.8 Å². The van der Waals surface area contributed by atoms with E-state index in [1.807, 2.05) is 22.6 Å². The van der Waals surface area contributed by atoms with E-state index in [2.05, 4.69) is 10.1 Å². The van der Waals surface area contributed by atoms with Gasteiger partial charge in [-0.15, -0.1) is 0 Å². The van der Waals surface area contributed by atoms with E-state index in [1.165, 1.54) is 0 Å². The fourth-order valence-electron chi connectivity index (χ4n) is 0.819. The number of carbonyl (C=O) groups is 2. The average molecular weight is 359 g/mol. The normalized spacial score (nSPS) is 10.6. The molecule has 0 fully saturated rings. The Morgan fingerprint density at radius 2 is 1.88 bits per heavy atom. The quantitative estimate of drug-likeness (QED) is 0.353. The molecule has 1 N–H and O–H groups in total. The summed E-state index contributed by atoms with van der Waals surface area (Å²) in [5.74, 6) is 0. The molecule has 0 aliphatic carbocycles. The number of halogens is 1. The number of nitrogens with one attached hydrogen (secondary N) is 1. The largest absolute Gasteiger partial charge is 0.509 e. The monoisotopic (exact) mass is 359 g/mol. The summed E-state index contributed by atoms with van der Waals surface area (Å²) in [5.41, 5.74) is -0.509. The first-order valence-corrected chi connectivity index (χ1v) is 6.70. The topological polar surface area (TPSA) is 73.9 Å². The van der Waals surface area contributed by atoms with Crippen molar-refractivity contribution in [1.82, 2.24) is 5.32 Å². The van der Waals surface area contributed by atoms with Crippen molar-refractivity contribution < 1.29 is 23.8 Å². The smallest absolute Gasteiger partial charge is 0.444 e. The van der Waals surface area contributed by atoms with Crippen molar-refractivity contribution >= 4 is 34.8 Å². The SMILES string of the molecule is CC(C)(C)OC(=O)NCCCOC(=O)OCI. The van der Waals surface area contributed by atoms with Crippen LogP contribution in [0.3, 0.4) is 0 Å². The van der Waals surface area contributed by atoms with Gasteiger partial charge in [0.15, 0.2) is 0 Å². The molecule has 0 atom stereocenters. The van der Waals surface area contributed by atoms with Crippen molar-refractivity contribution in [3.05, 3.63) is 0 Å². The van der Waals surface area contributed by atoms with E-state index < -0.39 is 17.8 Å². The highest BCUT2D eigenvalue weighted by Gasteiger charge is 2.15. The molecule has 0 bridgehead atoms. The molecule has 17 heavy (non-hydrogen) atoms. The lowest BCUT2D eigenvalue weighted by atomic mass is 10.2. The third kappa shape index (κ3) is 11.5. The van der Waals surface area contributed by atoms with Gasteiger partial charge in [-0.1, -0.05) is 0 Å². The Morgan fingerprint density at radius 3 is 2.41 bits per heavy atom. The number of hydrogen-bond donors (Lipinski definition) is 1. The van der Waals surface area contributed by atoms with Gasteiger partial charge in [-0.2, -0.15) is 0 Å². The minimum Gasteiger partial charge on any atom is -0.444 e. The number of carbonyl (C=O) groups excluding carboxylic acids is 2. The van der Waals surface area contributed by atoms with Crippen LogP contribution in [0.2, 0.25) is 0 Å². The molecule has 0 heterocycles. The lowest BCUT2D eigenvalue weighted by molar-refractivity contribution is 0.0517. The zero-order valence-electron chi connectivity index (χ0n) is 10.2. The minimum atomic E-state index is -0.698. The molecular weight excluding hydrogens is 341 g/mol. The average Bonchev–Trinajstić information content (AvgIpc) is 2.14. The second-order valence-electron chi connectivity index (χ2n) is 4.13. The molecule has 1 amide bonds.